The van der Waals surface area contributed by atoms with Crippen molar-refractivity contribution >= 4 is 17.3 Å². The molecule has 1 aromatic carbocycles. The molecule has 2 rings (SSSR count). The number of nitro benzene ring substituents is 1. The predicted molar refractivity (Wildman–Crippen MR) is 84.7 cm³/mol. The molecule has 0 bridgehead atoms. The van der Waals surface area contributed by atoms with Gasteiger partial charge in [-0.25, -0.2) is 0 Å². The monoisotopic (exact) mass is 311 g/mol. The summed E-state index contributed by atoms with van der Waals surface area (Å²) in [6.07, 6.45) is 5.08. The zero-order valence-electron chi connectivity index (χ0n) is 12.2. The minimum absolute atomic E-state index is 0.0875. The topological polar surface area (TPSA) is 58.4 Å². The van der Waals surface area contributed by atoms with Gasteiger partial charge in [0, 0.05) is 23.7 Å². The van der Waals surface area contributed by atoms with Crippen molar-refractivity contribution < 1.29 is 4.92 Å². The summed E-state index contributed by atoms with van der Waals surface area (Å²) < 4.78 is 0. The highest BCUT2D eigenvalue weighted by Crippen LogP contribution is 2.21. The van der Waals surface area contributed by atoms with Crippen LogP contribution in [0.2, 0.25) is 5.02 Å². The molecule has 6 heteroatoms. The van der Waals surface area contributed by atoms with Gasteiger partial charge in [0.05, 0.1) is 4.92 Å². The van der Waals surface area contributed by atoms with Gasteiger partial charge in [0.15, 0.2) is 0 Å². The lowest BCUT2D eigenvalue weighted by molar-refractivity contribution is -0.384. The Kier molecular flexibility index (Phi) is 6.42. The summed E-state index contributed by atoms with van der Waals surface area (Å²) >= 11 is 6.06. The fourth-order valence-corrected chi connectivity index (χ4v) is 2.83. The maximum atomic E-state index is 10.8. The molecule has 1 N–H and O–H groups in total. The fraction of sp³-hybridized carbons (Fsp3) is 0.600. The van der Waals surface area contributed by atoms with Crippen LogP contribution in [0.1, 0.15) is 31.2 Å². The molecule has 0 saturated carbocycles. The molecule has 1 fully saturated rings. The van der Waals surface area contributed by atoms with Crippen molar-refractivity contribution in [1.82, 2.24) is 10.2 Å². The van der Waals surface area contributed by atoms with Crippen molar-refractivity contribution in [2.45, 2.75) is 32.2 Å². The predicted octanol–water partition coefficient (Wildman–Crippen LogP) is 3.21. The number of nitrogens with one attached hydrogen (secondary N) is 1. The van der Waals surface area contributed by atoms with E-state index in [0.717, 1.165) is 25.1 Å². The molecule has 0 spiro atoms. The number of benzene rings is 1. The summed E-state index contributed by atoms with van der Waals surface area (Å²) in [6, 6.07) is 4.56. The number of nitrogens with zero attached hydrogens (tertiary/aromatic N) is 2. The first-order chi connectivity index (χ1) is 10.2. The van der Waals surface area contributed by atoms with Crippen molar-refractivity contribution in [1.29, 1.82) is 0 Å². The summed E-state index contributed by atoms with van der Waals surface area (Å²) in [7, 11) is 0. The second-order valence-corrected chi connectivity index (χ2v) is 5.87. The lowest BCUT2D eigenvalue weighted by Gasteiger charge is -2.26. The highest BCUT2D eigenvalue weighted by molar-refractivity contribution is 6.31. The Labute approximate surface area is 130 Å². The van der Waals surface area contributed by atoms with Crippen LogP contribution in [0.3, 0.4) is 0 Å². The number of non-ortho nitro benzene ring substituents is 1. The summed E-state index contributed by atoms with van der Waals surface area (Å²) in [5.74, 6) is 0. The van der Waals surface area contributed by atoms with Gasteiger partial charge in [-0.15, -0.1) is 0 Å². The van der Waals surface area contributed by atoms with E-state index in [-0.39, 0.29) is 5.69 Å². The average molecular weight is 312 g/mol. The van der Waals surface area contributed by atoms with Crippen LogP contribution in [0.15, 0.2) is 18.2 Å². The minimum Gasteiger partial charge on any atom is -0.313 e. The molecule has 1 aliphatic heterocycles. The zero-order valence-corrected chi connectivity index (χ0v) is 12.9. The molecular weight excluding hydrogens is 290 g/mol. The first kappa shape index (κ1) is 16.2. The Morgan fingerprint density at radius 3 is 2.76 bits per heavy atom. The number of nitro groups is 1. The quantitative estimate of drug-likeness (QED) is 0.477. The van der Waals surface area contributed by atoms with Crippen LogP contribution in [0, 0.1) is 10.1 Å². The van der Waals surface area contributed by atoms with E-state index in [9.17, 15) is 10.1 Å². The van der Waals surface area contributed by atoms with Gasteiger partial charge >= 0.3 is 0 Å². The van der Waals surface area contributed by atoms with Crippen LogP contribution in [0.4, 0.5) is 5.69 Å². The highest BCUT2D eigenvalue weighted by atomic mass is 35.5. The third kappa shape index (κ3) is 5.26. The Balaban J connectivity index is 1.70. The first-order valence-corrected chi connectivity index (χ1v) is 7.90. The van der Waals surface area contributed by atoms with E-state index in [0.29, 0.717) is 11.6 Å². The molecule has 0 amide bonds. The van der Waals surface area contributed by atoms with Gasteiger partial charge < -0.3 is 10.2 Å². The lowest BCUT2D eigenvalue weighted by Crippen LogP contribution is -2.32. The minimum atomic E-state index is -0.393. The van der Waals surface area contributed by atoms with Crippen LogP contribution in [-0.2, 0) is 6.54 Å². The van der Waals surface area contributed by atoms with Crippen LogP contribution < -0.4 is 5.32 Å². The average Bonchev–Trinajstić information content (AvgIpc) is 2.49. The standard InChI is InChI=1S/C15H22ClN3O2/c16-15-6-5-14(19(20)21)11-13(15)12-17-7-4-10-18-8-2-1-3-9-18/h5-6,11,17H,1-4,7-10,12H2. The van der Waals surface area contributed by atoms with Gasteiger partial charge in [-0.1, -0.05) is 18.0 Å². The Bertz CT molecular complexity index is 476. The van der Waals surface area contributed by atoms with E-state index in [1.54, 1.807) is 12.1 Å². The second-order valence-electron chi connectivity index (χ2n) is 5.47. The summed E-state index contributed by atoms with van der Waals surface area (Å²) in [6.45, 7) is 5.03. The maximum Gasteiger partial charge on any atom is 0.269 e. The fourth-order valence-electron chi connectivity index (χ4n) is 2.64. The summed E-state index contributed by atoms with van der Waals surface area (Å²) in [5, 5.41) is 14.6. The van der Waals surface area contributed by atoms with Crippen molar-refractivity contribution in [2.24, 2.45) is 0 Å². The number of piperidine rings is 1. The molecule has 21 heavy (non-hydrogen) atoms. The first-order valence-electron chi connectivity index (χ1n) is 7.53. The van der Waals surface area contributed by atoms with Crippen molar-refractivity contribution in [3.63, 3.8) is 0 Å². The van der Waals surface area contributed by atoms with Gasteiger partial charge in [0.1, 0.15) is 0 Å². The van der Waals surface area contributed by atoms with Crippen LogP contribution in [0.25, 0.3) is 0 Å². The molecule has 0 aliphatic carbocycles. The van der Waals surface area contributed by atoms with Gasteiger partial charge in [0.2, 0.25) is 0 Å². The van der Waals surface area contributed by atoms with Crippen molar-refractivity contribution in [3.8, 4) is 0 Å². The van der Waals surface area contributed by atoms with Crippen molar-refractivity contribution in [3.05, 3.63) is 38.9 Å². The Morgan fingerprint density at radius 1 is 1.29 bits per heavy atom. The molecule has 0 radical (unpaired) electrons. The molecule has 1 aromatic rings. The summed E-state index contributed by atoms with van der Waals surface area (Å²) in [5.41, 5.74) is 0.869. The number of likely N-dealkylation sites (tertiary alicyclic amines) is 1. The Hall–Kier alpha value is -1.17. The van der Waals surface area contributed by atoms with E-state index < -0.39 is 4.92 Å². The largest absolute Gasteiger partial charge is 0.313 e. The van der Waals surface area contributed by atoms with Gasteiger partial charge in [0.25, 0.3) is 5.69 Å². The molecule has 116 valence electrons. The van der Waals surface area contributed by atoms with Gasteiger partial charge in [-0.3, -0.25) is 10.1 Å². The van der Waals surface area contributed by atoms with Crippen LogP contribution >= 0.6 is 11.6 Å². The molecule has 0 unspecified atom stereocenters. The molecule has 1 heterocycles. The third-order valence-corrected chi connectivity index (χ3v) is 4.20. The highest BCUT2D eigenvalue weighted by Gasteiger charge is 2.10. The lowest BCUT2D eigenvalue weighted by atomic mass is 10.1. The molecule has 0 atom stereocenters. The Morgan fingerprint density at radius 2 is 2.05 bits per heavy atom. The number of halogens is 1. The van der Waals surface area contributed by atoms with E-state index in [1.807, 2.05) is 0 Å². The maximum absolute atomic E-state index is 10.8. The summed E-state index contributed by atoms with van der Waals surface area (Å²) in [4.78, 5) is 12.9. The van der Waals surface area contributed by atoms with E-state index in [4.69, 9.17) is 11.6 Å². The van der Waals surface area contributed by atoms with Crippen LogP contribution in [0.5, 0.6) is 0 Å². The zero-order chi connectivity index (χ0) is 15.1. The smallest absolute Gasteiger partial charge is 0.269 e. The second kappa shape index (κ2) is 8.32. The number of rotatable bonds is 7. The normalized spacial score (nSPS) is 16.0. The van der Waals surface area contributed by atoms with Crippen LogP contribution in [-0.4, -0.2) is 36.0 Å². The molecule has 1 saturated heterocycles. The molecule has 1 aliphatic rings. The third-order valence-electron chi connectivity index (χ3n) is 3.83. The molecule has 5 nitrogen and oxygen atoms in total. The number of hydrogen-bond acceptors (Lipinski definition) is 4. The van der Waals surface area contributed by atoms with Crippen molar-refractivity contribution in [2.75, 3.05) is 26.2 Å². The SMILES string of the molecule is O=[N+]([O-])c1ccc(Cl)c(CNCCCN2CCCCC2)c1. The van der Waals surface area contributed by atoms with E-state index >= 15 is 0 Å². The molecular formula is C15H22ClN3O2. The van der Waals surface area contributed by atoms with Gasteiger partial charge in [-0.05, 0) is 57.1 Å². The van der Waals surface area contributed by atoms with E-state index in [1.165, 1.54) is 38.4 Å². The van der Waals surface area contributed by atoms with E-state index in [2.05, 4.69) is 10.2 Å². The molecule has 0 aromatic heterocycles. The van der Waals surface area contributed by atoms with Gasteiger partial charge in [-0.2, -0.15) is 0 Å². The number of hydrogen-bond donors (Lipinski definition) is 1.